The maximum Gasteiger partial charge on any atom is 0.335 e. The number of hydrogen-bond donors (Lipinski definition) is 2. The number of nitrogens with one attached hydrogen (secondary N) is 1. The fourth-order valence-electron chi connectivity index (χ4n) is 2.86. The first kappa shape index (κ1) is 17.9. The van der Waals surface area contributed by atoms with Gasteiger partial charge in [0.2, 0.25) is 11.0 Å². The monoisotopic (exact) mass is 392 g/mol. The van der Waals surface area contributed by atoms with Gasteiger partial charge in [-0.05, 0) is 49.2 Å². The van der Waals surface area contributed by atoms with Crippen molar-refractivity contribution >= 4 is 32.9 Å². The van der Waals surface area contributed by atoms with Crippen molar-refractivity contribution in [3.63, 3.8) is 0 Å². The molecule has 2 aromatic carbocycles. The minimum Gasteiger partial charge on any atom is -0.493 e. The van der Waals surface area contributed by atoms with Crippen molar-refractivity contribution in [2.24, 2.45) is 4.99 Å². The van der Waals surface area contributed by atoms with E-state index < -0.39 is 17.1 Å². The molecular weight excluding hydrogens is 376 g/mol. The van der Waals surface area contributed by atoms with Crippen LogP contribution in [0.4, 0.5) is 5.13 Å². The lowest BCUT2D eigenvalue weighted by Crippen LogP contribution is -2.31. The Hall–Kier alpha value is -3.52. The largest absolute Gasteiger partial charge is 0.493 e. The smallest absolute Gasteiger partial charge is 0.335 e. The molecule has 0 aliphatic heterocycles. The highest BCUT2D eigenvalue weighted by atomic mass is 32.1. The molecular formula is C20H16N4O3S. The second-order valence-corrected chi connectivity index (χ2v) is 7.41. The van der Waals surface area contributed by atoms with Crippen molar-refractivity contribution in [1.29, 1.82) is 0 Å². The number of fused-ring (bicyclic) bond motifs is 1. The molecule has 0 radical (unpaired) electrons. The maximum atomic E-state index is 12.2. The lowest BCUT2D eigenvalue weighted by Gasteiger charge is -2.09. The van der Waals surface area contributed by atoms with Gasteiger partial charge in [-0.25, -0.2) is 19.3 Å². The maximum absolute atomic E-state index is 12.2. The average Bonchev–Trinajstić information content (AvgIpc) is 3.03. The van der Waals surface area contributed by atoms with E-state index >= 15 is 0 Å². The number of H-pyrrole nitrogens is 1. The van der Waals surface area contributed by atoms with Crippen LogP contribution in [-0.4, -0.2) is 25.9 Å². The Morgan fingerprint density at radius 3 is 2.71 bits per heavy atom. The molecule has 0 bridgehead atoms. The summed E-state index contributed by atoms with van der Waals surface area (Å²) in [5.41, 5.74) is 1.74. The molecule has 28 heavy (non-hydrogen) atoms. The van der Waals surface area contributed by atoms with Crippen LogP contribution in [0.15, 0.2) is 57.0 Å². The highest BCUT2D eigenvalue weighted by Crippen LogP contribution is 2.28. The lowest BCUT2D eigenvalue weighted by atomic mass is 10.2. The van der Waals surface area contributed by atoms with Crippen molar-refractivity contribution in [2.75, 3.05) is 0 Å². The van der Waals surface area contributed by atoms with Crippen LogP contribution in [0.25, 0.3) is 15.9 Å². The SMILES string of the molecule is Cc1cccc(-n2c(O)c(C=Nc3nc4ccc(C)cc4s3)c(=O)[nH]c2=O)c1. The van der Waals surface area contributed by atoms with Crippen LogP contribution in [0, 0.1) is 13.8 Å². The minimum atomic E-state index is -0.722. The van der Waals surface area contributed by atoms with Gasteiger partial charge in [0.1, 0.15) is 5.56 Å². The zero-order chi connectivity index (χ0) is 19.8. The second kappa shape index (κ2) is 6.90. The van der Waals surface area contributed by atoms with Gasteiger partial charge >= 0.3 is 5.69 Å². The van der Waals surface area contributed by atoms with Gasteiger partial charge in [0.15, 0.2) is 0 Å². The van der Waals surface area contributed by atoms with Crippen molar-refractivity contribution in [3.8, 4) is 11.6 Å². The molecule has 0 aliphatic carbocycles. The standard InChI is InChI=1S/C20H16N4O3S/c1-11-4-3-5-13(8-11)24-18(26)14(17(25)23-20(24)27)10-21-19-22-15-7-6-12(2)9-16(15)28-19/h3-10,26H,1-2H3,(H,23,25,27). The average molecular weight is 392 g/mol. The fourth-order valence-corrected chi connectivity index (χ4v) is 3.77. The van der Waals surface area contributed by atoms with E-state index in [1.165, 1.54) is 17.6 Å². The molecule has 2 heterocycles. The van der Waals surface area contributed by atoms with E-state index in [2.05, 4.69) is 15.0 Å². The van der Waals surface area contributed by atoms with Crippen LogP contribution in [0.2, 0.25) is 0 Å². The van der Waals surface area contributed by atoms with Gasteiger partial charge in [0.25, 0.3) is 5.56 Å². The lowest BCUT2D eigenvalue weighted by molar-refractivity contribution is 0.430. The predicted octanol–water partition coefficient (Wildman–Crippen LogP) is 3.21. The topological polar surface area (TPSA) is 100 Å². The molecule has 2 N–H and O–H groups in total. The van der Waals surface area contributed by atoms with E-state index in [-0.39, 0.29) is 5.56 Å². The summed E-state index contributed by atoms with van der Waals surface area (Å²) in [6.07, 6.45) is 1.23. The van der Waals surface area contributed by atoms with Crippen LogP contribution in [0.5, 0.6) is 5.88 Å². The van der Waals surface area contributed by atoms with Crippen LogP contribution in [-0.2, 0) is 0 Å². The molecule has 0 aliphatic rings. The molecule has 140 valence electrons. The molecule has 2 aromatic heterocycles. The quantitative estimate of drug-likeness (QED) is 0.523. The third-order valence-electron chi connectivity index (χ3n) is 4.22. The summed E-state index contributed by atoms with van der Waals surface area (Å²) in [5.74, 6) is -0.472. The van der Waals surface area contributed by atoms with Crippen LogP contribution >= 0.6 is 11.3 Å². The van der Waals surface area contributed by atoms with Crippen molar-refractivity contribution in [1.82, 2.24) is 14.5 Å². The Morgan fingerprint density at radius 2 is 1.93 bits per heavy atom. The summed E-state index contributed by atoms with van der Waals surface area (Å²) >= 11 is 1.38. The normalized spacial score (nSPS) is 11.5. The third-order valence-corrected chi connectivity index (χ3v) is 5.14. The predicted molar refractivity (Wildman–Crippen MR) is 111 cm³/mol. The number of benzene rings is 2. The van der Waals surface area contributed by atoms with Crippen molar-refractivity contribution < 1.29 is 5.11 Å². The van der Waals surface area contributed by atoms with Gasteiger partial charge in [0, 0.05) is 6.21 Å². The number of aromatic hydroxyl groups is 1. The molecule has 4 aromatic rings. The first-order valence-electron chi connectivity index (χ1n) is 8.49. The van der Waals surface area contributed by atoms with Gasteiger partial charge in [-0.2, -0.15) is 0 Å². The van der Waals surface area contributed by atoms with Gasteiger partial charge in [-0.3, -0.25) is 9.78 Å². The molecule has 0 amide bonds. The van der Waals surface area contributed by atoms with Gasteiger partial charge in [-0.15, -0.1) is 0 Å². The summed E-state index contributed by atoms with van der Waals surface area (Å²) in [6, 6.07) is 12.9. The number of thiazole rings is 1. The zero-order valence-corrected chi connectivity index (χ0v) is 15.9. The van der Waals surface area contributed by atoms with E-state index in [1.54, 1.807) is 18.2 Å². The summed E-state index contributed by atoms with van der Waals surface area (Å²) in [4.78, 5) is 35.3. The summed E-state index contributed by atoms with van der Waals surface area (Å²) in [7, 11) is 0. The minimum absolute atomic E-state index is 0.114. The number of aryl methyl sites for hydroxylation is 2. The van der Waals surface area contributed by atoms with Gasteiger partial charge in [-0.1, -0.05) is 29.5 Å². The van der Waals surface area contributed by atoms with E-state index in [0.717, 1.165) is 25.9 Å². The number of aliphatic imine (C=N–C) groups is 1. The first-order chi connectivity index (χ1) is 13.4. The van der Waals surface area contributed by atoms with E-state index in [9.17, 15) is 14.7 Å². The molecule has 0 spiro atoms. The number of aromatic amines is 1. The van der Waals surface area contributed by atoms with E-state index in [4.69, 9.17) is 0 Å². The van der Waals surface area contributed by atoms with E-state index in [0.29, 0.717) is 10.8 Å². The Morgan fingerprint density at radius 1 is 1.14 bits per heavy atom. The fraction of sp³-hybridized carbons (Fsp3) is 0.100. The highest BCUT2D eigenvalue weighted by molar-refractivity contribution is 7.22. The Labute approximate surface area is 163 Å². The number of nitrogens with zero attached hydrogens (tertiary/aromatic N) is 3. The summed E-state index contributed by atoms with van der Waals surface area (Å²) in [6.45, 7) is 3.86. The Kier molecular flexibility index (Phi) is 4.40. The number of rotatable bonds is 3. The molecule has 4 rings (SSSR count). The van der Waals surface area contributed by atoms with Crippen molar-refractivity contribution in [2.45, 2.75) is 13.8 Å². The molecule has 7 nitrogen and oxygen atoms in total. The summed E-state index contributed by atoms with van der Waals surface area (Å²) in [5, 5.41) is 11.0. The van der Waals surface area contributed by atoms with Crippen molar-refractivity contribution in [3.05, 3.63) is 80.0 Å². The molecule has 0 saturated carbocycles. The van der Waals surface area contributed by atoms with Gasteiger partial charge in [0.05, 0.1) is 15.9 Å². The van der Waals surface area contributed by atoms with E-state index in [1.807, 2.05) is 38.1 Å². The van der Waals surface area contributed by atoms with Crippen LogP contribution in [0.3, 0.4) is 0 Å². The summed E-state index contributed by atoms with van der Waals surface area (Å²) < 4.78 is 2.02. The molecule has 8 heteroatoms. The number of hydrogen-bond acceptors (Lipinski definition) is 6. The Bertz CT molecular complexity index is 1350. The zero-order valence-electron chi connectivity index (χ0n) is 15.1. The molecule has 0 saturated heterocycles. The number of aromatic nitrogens is 3. The molecule has 0 fully saturated rings. The molecule has 0 unspecified atom stereocenters. The van der Waals surface area contributed by atoms with Crippen LogP contribution in [0.1, 0.15) is 16.7 Å². The first-order valence-corrected chi connectivity index (χ1v) is 9.30. The molecule has 0 atom stereocenters. The third kappa shape index (κ3) is 3.25. The Balaban J connectivity index is 1.81. The van der Waals surface area contributed by atoms with Gasteiger partial charge < -0.3 is 5.11 Å². The second-order valence-electron chi connectivity index (χ2n) is 6.40. The highest BCUT2D eigenvalue weighted by Gasteiger charge is 2.14. The van der Waals surface area contributed by atoms with Crippen LogP contribution < -0.4 is 11.2 Å².